The third-order valence-electron chi connectivity index (χ3n) is 4.34. The fourth-order valence-corrected chi connectivity index (χ4v) is 2.66. The van der Waals surface area contributed by atoms with Crippen molar-refractivity contribution in [2.24, 2.45) is 0 Å². The van der Waals surface area contributed by atoms with E-state index in [1.165, 1.54) is 37.5 Å². The Morgan fingerprint density at radius 1 is 0.900 bits per heavy atom. The smallest absolute Gasteiger partial charge is 0.272 e. The van der Waals surface area contributed by atoms with Gasteiger partial charge in [-0.2, -0.15) is 0 Å². The van der Waals surface area contributed by atoms with E-state index in [0.29, 0.717) is 22.6 Å². The van der Waals surface area contributed by atoms with Crippen LogP contribution in [0.2, 0.25) is 0 Å². The summed E-state index contributed by atoms with van der Waals surface area (Å²) >= 11 is 0. The Morgan fingerprint density at radius 2 is 1.53 bits per heavy atom. The first-order chi connectivity index (χ1) is 14.4. The zero-order valence-electron chi connectivity index (χ0n) is 16.6. The van der Waals surface area contributed by atoms with Crippen LogP contribution in [0, 0.1) is 12.7 Å². The number of aryl methyl sites for hydroxylation is 1. The van der Waals surface area contributed by atoms with Crippen molar-refractivity contribution >= 4 is 23.6 Å². The molecule has 0 spiro atoms. The standard InChI is InChI=1S/C24H21FN2O3/c1-16-3-11-20(12-4-16)26-24(29)22(15-17-5-9-19(25)10-6-17)27-23(28)18-7-13-21(30-2)14-8-18/h3-15H,1-2H3,(H,26,29)(H,27,28)/b22-15-. The van der Waals surface area contributed by atoms with Gasteiger partial charge in [-0.25, -0.2) is 4.39 Å². The number of methoxy groups -OCH3 is 1. The second-order valence-corrected chi connectivity index (χ2v) is 6.61. The lowest BCUT2D eigenvalue weighted by Gasteiger charge is -2.12. The largest absolute Gasteiger partial charge is 0.497 e. The first-order valence-electron chi connectivity index (χ1n) is 9.25. The molecule has 3 aromatic rings. The topological polar surface area (TPSA) is 67.4 Å². The Kier molecular flexibility index (Phi) is 6.60. The van der Waals surface area contributed by atoms with Crippen LogP contribution in [0.5, 0.6) is 5.75 Å². The summed E-state index contributed by atoms with van der Waals surface area (Å²) in [6.45, 7) is 1.94. The summed E-state index contributed by atoms with van der Waals surface area (Å²) in [5, 5.41) is 5.40. The first kappa shape index (κ1) is 20.8. The second-order valence-electron chi connectivity index (χ2n) is 6.61. The molecule has 0 aliphatic heterocycles. The van der Waals surface area contributed by atoms with Crippen molar-refractivity contribution in [3.05, 3.63) is 101 Å². The molecule has 0 aliphatic carbocycles. The fraction of sp³-hybridized carbons (Fsp3) is 0.0833. The lowest BCUT2D eigenvalue weighted by molar-refractivity contribution is -0.113. The molecule has 6 heteroatoms. The van der Waals surface area contributed by atoms with Gasteiger partial charge in [-0.3, -0.25) is 9.59 Å². The maximum atomic E-state index is 13.2. The molecule has 0 aromatic heterocycles. The van der Waals surface area contributed by atoms with Gasteiger partial charge in [0.2, 0.25) is 0 Å². The predicted molar refractivity (Wildman–Crippen MR) is 115 cm³/mol. The van der Waals surface area contributed by atoms with E-state index >= 15 is 0 Å². The summed E-state index contributed by atoms with van der Waals surface area (Å²) in [4.78, 5) is 25.5. The van der Waals surface area contributed by atoms with Gasteiger partial charge >= 0.3 is 0 Å². The van der Waals surface area contributed by atoms with Gasteiger partial charge in [-0.1, -0.05) is 29.8 Å². The van der Waals surface area contributed by atoms with E-state index in [1.54, 1.807) is 36.4 Å². The highest BCUT2D eigenvalue weighted by Gasteiger charge is 2.15. The Hall–Kier alpha value is -3.93. The molecule has 0 saturated heterocycles. The van der Waals surface area contributed by atoms with Gasteiger partial charge in [0.15, 0.2) is 0 Å². The molecule has 3 rings (SSSR count). The van der Waals surface area contributed by atoms with Gasteiger partial charge in [0.05, 0.1) is 7.11 Å². The predicted octanol–water partition coefficient (Wildman–Crippen LogP) is 4.55. The van der Waals surface area contributed by atoms with Crippen LogP contribution in [0.25, 0.3) is 6.08 Å². The number of ether oxygens (including phenoxy) is 1. The van der Waals surface area contributed by atoms with Gasteiger partial charge in [-0.05, 0) is 67.1 Å². The number of anilines is 1. The van der Waals surface area contributed by atoms with Crippen LogP contribution >= 0.6 is 0 Å². The van der Waals surface area contributed by atoms with Crippen molar-refractivity contribution in [3.8, 4) is 5.75 Å². The number of nitrogens with one attached hydrogen (secondary N) is 2. The number of amides is 2. The highest BCUT2D eigenvalue weighted by Crippen LogP contribution is 2.14. The van der Waals surface area contributed by atoms with Crippen molar-refractivity contribution in [2.75, 3.05) is 12.4 Å². The number of rotatable bonds is 6. The number of hydrogen-bond acceptors (Lipinski definition) is 3. The molecule has 2 amide bonds. The molecule has 5 nitrogen and oxygen atoms in total. The monoisotopic (exact) mass is 404 g/mol. The van der Waals surface area contributed by atoms with Gasteiger partial charge in [0, 0.05) is 11.3 Å². The summed E-state index contributed by atoms with van der Waals surface area (Å²) in [6.07, 6.45) is 1.49. The minimum atomic E-state index is -0.495. The molecular formula is C24H21FN2O3. The Labute approximate surface area is 174 Å². The maximum Gasteiger partial charge on any atom is 0.272 e. The molecule has 0 bridgehead atoms. The van der Waals surface area contributed by atoms with Crippen molar-refractivity contribution < 1.29 is 18.7 Å². The molecule has 0 heterocycles. The van der Waals surface area contributed by atoms with Gasteiger partial charge in [0.1, 0.15) is 17.3 Å². The number of carbonyl (C=O) groups excluding carboxylic acids is 2. The van der Waals surface area contributed by atoms with Crippen LogP contribution in [-0.2, 0) is 4.79 Å². The van der Waals surface area contributed by atoms with Crippen LogP contribution in [0.1, 0.15) is 21.5 Å². The van der Waals surface area contributed by atoms with E-state index in [2.05, 4.69) is 10.6 Å². The minimum absolute atomic E-state index is 0.0306. The quantitative estimate of drug-likeness (QED) is 0.592. The van der Waals surface area contributed by atoms with Crippen LogP contribution in [0.3, 0.4) is 0 Å². The summed E-state index contributed by atoms with van der Waals surface area (Å²) in [5.74, 6) is -0.721. The summed E-state index contributed by atoms with van der Waals surface area (Å²) < 4.78 is 18.3. The van der Waals surface area contributed by atoms with Crippen LogP contribution in [0.4, 0.5) is 10.1 Å². The number of hydrogen-bond donors (Lipinski definition) is 2. The molecular weight excluding hydrogens is 383 g/mol. The van der Waals surface area contributed by atoms with E-state index in [0.717, 1.165) is 5.56 Å². The average Bonchev–Trinajstić information content (AvgIpc) is 2.76. The van der Waals surface area contributed by atoms with E-state index in [-0.39, 0.29) is 11.5 Å². The van der Waals surface area contributed by atoms with E-state index in [4.69, 9.17) is 4.74 Å². The van der Waals surface area contributed by atoms with E-state index < -0.39 is 11.8 Å². The van der Waals surface area contributed by atoms with Crippen molar-refractivity contribution in [1.29, 1.82) is 0 Å². The van der Waals surface area contributed by atoms with Crippen LogP contribution in [0.15, 0.2) is 78.5 Å². The normalized spacial score (nSPS) is 11.0. The van der Waals surface area contributed by atoms with E-state index in [1.807, 2.05) is 19.1 Å². The second kappa shape index (κ2) is 9.52. The average molecular weight is 404 g/mol. The first-order valence-corrected chi connectivity index (χ1v) is 9.25. The number of carbonyl (C=O) groups is 2. The van der Waals surface area contributed by atoms with Gasteiger partial charge in [0.25, 0.3) is 11.8 Å². The molecule has 0 radical (unpaired) electrons. The molecule has 0 atom stereocenters. The molecule has 0 unspecified atom stereocenters. The highest BCUT2D eigenvalue weighted by molar-refractivity contribution is 6.10. The molecule has 2 N–H and O–H groups in total. The minimum Gasteiger partial charge on any atom is -0.497 e. The Morgan fingerprint density at radius 3 is 2.13 bits per heavy atom. The third-order valence-corrected chi connectivity index (χ3v) is 4.34. The lowest BCUT2D eigenvalue weighted by Crippen LogP contribution is -2.30. The number of halogens is 1. The highest BCUT2D eigenvalue weighted by atomic mass is 19.1. The SMILES string of the molecule is COc1ccc(C(=O)N/C(=C\c2ccc(F)cc2)C(=O)Nc2ccc(C)cc2)cc1. The third kappa shape index (κ3) is 5.54. The van der Waals surface area contributed by atoms with Crippen molar-refractivity contribution in [3.63, 3.8) is 0 Å². The zero-order valence-corrected chi connectivity index (χ0v) is 16.6. The fourth-order valence-electron chi connectivity index (χ4n) is 2.66. The molecule has 0 fully saturated rings. The molecule has 3 aromatic carbocycles. The van der Waals surface area contributed by atoms with Crippen molar-refractivity contribution in [2.45, 2.75) is 6.92 Å². The molecule has 0 saturated carbocycles. The van der Waals surface area contributed by atoms with Crippen molar-refractivity contribution in [1.82, 2.24) is 5.32 Å². The van der Waals surface area contributed by atoms with Gasteiger partial charge < -0.3 is 15.4 Å². The van der Waals surface area contributed by atoms with E-state index in [9.17, 15) is 14.0 Å². The maximum absolute atomic E-state index is 13.2. The molecule has 30 heavy (non-hydrogen) atoms. The summed E-state index contributed by atoms with van der Waals surface area (Å²) in [7, 11) is 1.54. The summed E-state index contributed by atoms with van der Waals surface area (Å²) in [6, 6.07) is 19.4. The molecule has 152 valence electrons. The molecule has 0 aliphatic rings. The number of benzene rings is 3. The summed E-state index contributed by atoms with van der Waals surface area (Å²) in [5.41, 5.74) is 2.62. The van der Waals surface area contributed by atoms with Gasteiger partial charge in [-0.15, -0.1) is 0 Å². The van der Waals surface area contributed by atoms with Crippen LogP contribution in [-0.4, -0.2) is 18.9 Å². The zero-order chi connectivity index (χ0) is 21.5. The van der Waals surface area contributed by atoms with Crippen LogP contribution < -0.4 is 15.4 Å². The lowest BCUT2D eigenvalue weighted by atomic mass is 10.1. The Balaban J connectivity index is 1.85. The Bertz CT molecular complexity index is 1060.